The monoisotopic (exact) mass is 372 g/mol. The first-order chi connectivity index (χ1) is 13.7. The molecule has 1 fully saturated rings. The number of carbonyl (C=O) groups excluding carboxylic acids is 1. The highest BCUT2D eigenvalue weighted by Crippen LogP contribution is 2.20. The number of rotatable bonds is 4. The van der Waals surface area contributed by atoms with Crippen LogP contribution in [-0.2, 0) is 6.42 Å². The molecule has 142 valence electrons. The number of amides is 1. The molecule has 3 aromatic rings. The van der Waals surface area contributed by atoms with Gasteiger partial charge in [-0.05, 0) is 35.2 Å². The van der Waals surface area contributed by atoms with Crippen LogP contribution in [0.5, 0.6) is 0 Å². The minimum atomic E-state index is 0.0847. The van der Waals surface area contributed by atoms with Crippen molar-refractivity contribution in [3.63, 3.8) is 0 Å². The van der Waals surface area contributed by atoms with Crippen LogP contribution in [0.2, 0.25) is 0 Å². The van der Waals surface area contributed by atoms with E-state index in [0.717, 1.165) is 47.7 Å². The molecule has 1 saturated heterocycles. The Hall–Kier alpha value is -3.21. The molecule has 0 saturated carbocycles. The summed E-state index contributed by atoms with van der Waals surface area (Å²) in [7, 11) is 0. The van der Waals surface area contributed by atoms with Crippen molar-refractivity contribution in [2.24, 2.45) is 0 Å². The molecule has 1 amide bonds. The number of nitrogens with zero attached hydrogens (tertiary/aromatic N) is 4. The maximum atomic E-state index is 12.9. The number of anilines is 1. The van der Waals surface area contributed by atoms with Crippen LogP contribution in [0, 0.1) is 0 Å². The molecule has 0 radical (unpaired) electrons. The quantitative estimate of drug-likeness (QED) is 0.701. The first kappa shape index (κ1) is 18.2. The van der Waals surface area contributed by atoms with E-state index in [2.05, 4.69) is 33.9 Å². The second kappa shape index (κ2) is 8.21. The molecule has 0 unspecified atom stereocenters. The molecule has 0 spiro atoms. The summed E-state index contributed by atoms with van der Waals surface area (Å²) in [5.74, 6) is 0.832. The summed E-state index contributed by atoms with van der Waals surface area (Å²) in [5.41, 5.74) is 4.15. The van der Waals surface area contributed by atoms with Gasteiger partial charge in [-0.15, -0.1) is 0 Å². The Labute approximate surface area is 165 Å². The maximum Gasteiger partial charge on any atom is 0.253 e. The summed E-state index contributed by atoms with van der Waals surface area (Å²) < 4.78 is 0. The summed E-state index contributed by atoms with van der Waals surface area (Å²) >= 11 is 0. The number of benzene rings is 2. The van der Waals surface area contributed by atoms with Gasteiger partial charge >= 0.3 is 0 Å². The van der Waals surface area contributed by atoms with E-state index < -0.39 is 0 Å². The number of aromatic nitrogens is 2. The Morgan fingerprint density at radius 1 is 0.857 bits per heavy atom. The largest absolute Gasteiger partial charge is 0.337 e. The van der Waals surface area contributed by atoms with Gasteiger partial charge < -0.3 is 9.80 Å². The molecule has 1 aliphatic heterocycles. The van der Waals surface area contributed by atoms with E-state index in [-0.39, 0.29) is 5.91 Å². The van der Waals surface area contributed by atoms with Crippen molar-refractivity contribution in [1.29, 1.82) is 0 Å². The van der Waals surface area contributed by atoms with Crippen LogP contribution in [0.25, 0.3) is 11.1 Å². The van der Waals surface area contributed by atoms with Crippen molar-refractivity contribution in [3.05, 3.63) is 78.1 Å². The Balaban J connectivity index is 1.38. The van der Waals surface area contributed by atoms with Crippen molar-refractivity contribution in [2.75, 3.05) is 31.1 Å². The highest BCUT2D eigenvalue weighted by atomic mass is 16.2. The summed E-state index contributed by atoms with van der Waals surface area (Å²) in [6.45, 7) is 4.95. The first-order valence-corrected chi connectivity index (χ1v) is 9.75. The van der Waals surface area contributed by atoms with E-state index in [4.69, 9.17) is 0 Å². The molecule has 0 N–H and O–H groups in total. The van der Waals surface area contributed by atoms with Gasteiger partial charge in [-0.25, -0.2) is 9.97 Å². The Kier molecular flexibility index (Phi) is 5.33. The number of hydrogen-bond donors (Lipinski definition) is 0. The number of piperazine rings is 1. The smallest absolute Gasteiger partial charge is 0.253 e. The molecule has 28 heavy (non-hydrogen) atoms. The average molecular weight is 372 g/mol. The molecule has 2 aromatic carbocycles. The van der Waals surface area contributed by atoms with Gasteiger partial charge in [-0.1, -0.05) is 49.4 Å². The lowest BCUT2D eigenvalue weighted by Crippen LogP contribution is -2.49. The van der Waals surface area contributed by atoms with E-state index in [1.165, 1.54) is 0 Å². The molecule has 0 atom stereocenters. The van der Waals surface area contributed by atoms with E-state index in [1.54, 1.807) is 0 Å². The normalized spacial score (nSPS) is 14.2. The van der Waals surface area contributed by atoms with Gasteiger partial charge in [-0.3, -0.25) is 4.79 Å². The molecule has 1 aromatic heterocycles. The Morgan fingerprint density at radius 3 is 2.07 bits per heavy atom. The Bertz CT molecular complexity index is 915. The molecule has 0 aliphatic carbocycles. The van der Waals surface area contributed by atoms with Crippen molar-refractivity contribution < 1.29 is 4.79 Å². The van der Waals surface area contributed by atoms with E-state index in [0.29, 0.717) is 13.1 Å². The van der Waals surface area contributed by atoms with Crippen molar-refractivity contribution >= 4 is 11.9 Å². The minimum Gasteiger partial charge on any atom is -0.337 e. The van der Waals surface area contributed by atoms with Gasteiger partial charge in [0.25, 0.3) is 5.91 Å². The fraction of sp³-hybridized carbons (Fsp3) is 0.261. The molecule has 1 aliphatic rings. The molecular formula is C23H24N4O. The van der Waals surface area contributed by atoms with Crippen LogP contribution in [0.4, 0.5) is 5.95 Å². The molecule has 4 rings (SSSR count). The number of carbonyl (C=O) groups is 1. The zero-order valence-electron chi connectivity index (χ0n) is 16.1. The third kappa shape index (κ3) is 3.88. The highest BCUT2D eigenvalue weighted by molar-refractivity contribution is 5.94. The minimum absolute atomic E-state index is 0.0847. The zero-order chi connectivity index (χ0) is 19.3. The van der Waals surface area contributed by atoms with Crippen molar-refractivity contribution in [3.8, 4) is 11.1 Å². The first-order valence-electron chi connectivity index (χ1n) is 9.75. The summed E-state index contributed by atoms with van der Waals surface area (Å²) in [5, 5.41) is 0. The van der Waals surface area contributed by atoms with E-state index in [1.807, 2.05) is 59.8 Å². The summed E-state index contributed by atoms with van der Waals surface area (Å²) in [4.78, 5) is 25.8. The van der Waals surface area contributed by atoms with Crippen LogP contribution >= 0.6 is 0 Å². The van der Waals surface area contributed by atoms with Gasteiger partial charge in [-0.2, -0.15) is 0 Å². The van der Waals surface area contributed by atoms with Gasteiger partial charge in [0, 0.05) is 44.1 Å². The third-order valence-electron chi connectivity index (χ3n) is 5.19. The SMILES string of the molecule is CCc1cnc(N2CCN(C(=O)c3ccc(-c4ccccc4)cc3)CC2)nc1. The predicted molar refractivity (Wildman–Crippen MR) is 111 cm³/mol. The van der Waals surface area contributed by atoms with Crippen molar-refractivity contribution in [2.45, 2.75) is 13.3 Å². The zero-order valence-corrected chi connectivity index (χ0v) is 16.1. The Morgan fingerprint density at radius 2 is 1.46 bits per heavy atom. The summed E-state index contributed by atoms with van der Waals surface area (Å²) in [6.07, 6.45) is 4.70. The van der Waals surface area contributed by atoms with Crippen LogP contribution in [-0.4, -0.2) is 47.0 Å². The van der Waals surface area contributed by atoms with Crippen LogP contribution in [0.3, 0.4) is 0 Å². The molecule has 2 heterocycles. The third-order valence-corrected chi connectivity index (χ3v) is 5.19. The predicted octanol–water partition coefficient (Wildman–Crippen LogP) is 3.67. The lowest BCUT2D eigenvalue weighted by Gasteiger charge is -2.34. The van der Waals surface area contributed by atoms with Gasteiger partial charge in [0.2, 0.25) is 5.95 Å². The maximum absolute atomic E-state index is 12.9. The average Bonchev–Trinajstić information content (AvgIpc) is 2.79. The molecule has 0 bridgehead atoms. The number of aryl methyl sites for hydroxylation is 1. The molecule has 5 nitrogen and oxygen atoms in total. The standard InChI is InChI=1S/C23H24N4O/c1-2-18-16-24-23(25-17-18)27-14-12-26(13-15-27)22(28)21-10-8-20(9-11-21)19-6-4-3-5-7-19/h3-11,16-17H,2,12-15H2,1H3. The fourth-order valence-electron chi connectivity index (χ4n) is 3.42. The van der Waals surface area contributed by atoms with E-state index in [9.17, 15) is 4.79 Å². The second-order valence-electron chi connectivity index (χ2n) is 6.97. The highest BCUT2D eigenvalue weighted by Gasteiger charge is 2.23. The van der Waals surface area contributed by atoms with Gasteiger partial charge in [0.15, 0.2) is 0 Å². The molecule has 5 heteroatoms. The lowest BCUT2D eigenvalue weighted by atomic mass is 10.0. The topological polar surface area (TPSA) is 49.3 Å². The van der Waals surface area contributed by atoms with Crippen LogP contribution < -0.4 is 4.90 Å². The second-order valence-corrected chi connectivity index (χ2v) is 6.97. The lowest BCUT2D eigenvalue weighted by molar-refractivity contribution is 0.0746. The van der Waals surface area contributed by atoms with Crippen molar-refractivity contribution in [1.82, 2.24) is 14.9 Å². The summed E-state index contributed by atoms with van der Waals surface area (Å²) in [6, 6.07) is 18.1. The molecular weight excluding hydrogens is 348 g/mol. The van der Waals surface area contributed by atoms with Crippen LogP contribution in [0.1, 0.15) is 22.8 Å². The van der Waals surface area contributed by atoms with Gasteiger partial charge in [0.05, 0.1) is 0 Å². The van der Waals surface area contributed by atoms with Gasteiger partial charge in [0.1, 0.15) is 0 Å². The fourth-order valence-corrected chi connectivity index (χ4v) is 3.42. The van der Waals surface area contributed by atoms with Crippen LogP contribution in [0.15, 0.2) is 67.0 Å². The van der Waals surface area contributed by atoms with E-state index >= 15 is 0 Å². The number of hydrogen-bond acceptors (Lipinski definition) is 4.